The van der Waals surface area contributed by atoms with E-state index in [0.29, 0.717) is 28.2 Å². The zero-order valence-electron chi connectivity index (χ0n) is 15.4. The molecule has 1 aromatic heterocycles. The molecular formula is C21H17N5O2. The quantitative estimate of drug-likeness (QED) is 0.660. The normalized spacial score (nSPS) is 10.0. The van der Waals surface area contributed by atoms with Crippen LogP contribution in [0.1, 0.15) is 39.0 Å². The van der Waals surface area contributed by atoms with E-state index in [1.165, 1.54) is 6.92 Å². The van der Waals surface area contributed by atoms with Crippen LogP contribution in [0.25, 0.3) is 0 Å². The molecule has 1 heterocycles. The highest BCUT2D eigenvalue weighted by molar-refractivity contribution is 6.03. The van der Waals surface area contributed by atoms with Crippen LogP contribution in [0.4, 0.5) is 17.3 Å². The van der Waals surface area contributed by atoms with E-state index in [1.54, 1.807) is 61.5 Å². The van der Waals surface area contributed by atoms with Crippen molar-refractivity contribution in [2.45, 2.75) is 13.8 Å². The van der Waals surface area contributed by atoms with Crippen molar-refractivity contribution in [2.75, 3.05) is 10.6 Å². The lowest BCUT2D eigenvalue weighted by molar-refractivity contribution is 0.101. The summed E-state index contributed by atoms with van der Waals surface area (Å²) in [7, 11) is 0. The van der Waals surface area contributed by atoms with Crippen LogP contribution in [-0.4, -0.2) is 21.7 Å². The first kappa shape index (κ1) is 18.7. The van der Waals surface area contributed by atoms with Crippen molar-refractivity contribution in [1.82, 2.24) is 9.97 Å². The Morgan fingerprint density at radius 1 is 1.00 bits per heavy atom. The third-order valence-corrected chi connectivity index (χ3v) is 3.86. The van der Waals surface area contributed by atoms with Crippen molar-refractivity contribution in [3.63, 3.8) is 0 Å². The number of carbonyl (C=O) groups is 2. The summed E-state index contributed by atoms with van der Waals surface area (Å²) in [5.74, 6) is -0.216. The summed E-state index contributed by atoms with van der Waals surface area (Å²) in [5, 5.41) is 14.7. The Kier molecular flexibility index (Phi) is 5.42. The third kappa shape index (κ3) is 4.56. The molecule has 0 atom stereocenters. The lowest BCUT2D eigenvalue weighted by Gasteiger charge is -2.10. The largest absolute Gasteiger partial charge is 0.324 e. The maximum atomic E-state index is 12.6. The van der Waals surface area contributed by atoms with Gasteiger partial charge in [-0.2, -0.15) is 5.26 Å². The minimum absolute atomic E-state index is 0.0477. The van der Waals surface area contributed by atoms with E-state index in [-0.39, 0.29) is 17.4 Å². The second-order valence-corrected chi connectivity index (χ2v) is 6.13. The summed E-state index contributed by atoms with van der Waals surface area (Å²) in [4.78, 5) is 32.6. The van der Waals surface area contributed by atoms with Gasteiger partial charge in [0.05, 0.1) is 11.6 Å². The van der Waals surface area contributed by atoms with Gasteiger partial charge in [0, 0.05) is 22.6 Å². The first-order valence-electron chi connectivity index (χ1n) is 8.50. The van der Waals surface area contributed by atoms with Crippen LogP contribution < -0.4 is 10.6 Å². The minimum atomic E-state index is -0.416. The average Bonchev–Trinajstić information content (AvgIpc) is 2.68. The molecule has 7 nitrogen and oxygen atoms in total. The Hall–Kier alpha value is -4.05. The Morgan fingerprint density at radius 3 is 2.50 bits per heavy atom. The van der Waals surface area contributed by atoms with E-state index < -0.39 is 5.91 Å². The zero-order chi connectivity index (χ0) is 20.1. The van der Waals surface area contributed by atoms with Gasteiger partial charge in [0.1, 0.15) is 5.69 Å². The molecule has 0 aliphatic rings. The second kappa shape index (κ2) is 8.10. The number of nitrogens with one attached hydrogen (secondary N) is 2. The molecule has 138 valence electrons. The lowest BCUT2D eigenvalue weighted by Crippen LogP contribution is -2.15. The fraction of sp³-hybridized carbons (Fsp3) is 0.0952. The maximum absolute atomic E-state index is 12.6. The van der Waals surface area contributed by atoms with Crippen LogP contribution in [0, 0.1) is 18.3 Å². The molecule has 0 fully saturated rings. The Bertz CT molecular complexity index is 1100. The highest BCUT2D eigenvalue weighted by Crippen LogP contribution is 2.17. The van der Waals surface area contributed by atoms with Crippen LogP contribution >= 0.6 is 0 Å². The first-order chi connectivity index (χ1) is 13.4. The SMILES string of the molecule is CC(=O)c1cccc(Nc2nc(C)cc(C(=O)Nc3cccc(C#N)c3)n2)c1. The van der Waals surface area contributed by atoms with Gasteiger partial charge in [-0.15, -0.1) is 0 Å². The van der Waals surface area contributed by atoms with Crippen LogP contribution in [-0.2, 0) is 0 Å². The number of benzene rings is 2. The van der Waals surface area contributed by atoms with Gasteiger partial charge in [0.25, 0.3) is 5.91 Å². The lowest BCUT2D eigenvalue weighted by atomic mass is 10.1. The molecule has 7 heteroatoms. The van der Waals surface area contributed by atoms with Crippen LogP contribution in [0.15, 0.2) is 54.6 Å². The number of ketones is 1. The van der Waals surface area contributed by atoms with Crippen molar-refractivity contribution in [2.24, 2.45) is 0 Å². The molecule has 0 aliphatic carbocycles. The smallest absolute Gasteiger partial charge is 0.274 e. The number of carbonyl (C=O) groups excluding carboxylic acids is 2. The predicted molar refractivity (Wildman–Crippen MR) is 106 cm³/mol. The van der Waals surface area contributed by atoms with Gasteiger partial charge in [-0.05, 0) is 50.2 Å². The van der Waals surface area contributed by atoms with Gasteiger partial charge in [0.15, 0.2) is 5.78 Å². The zero-order valence-corrected chi connectivity index (χ0v) is 15.4. The van der Waals surface area contributed by atoms with E-state index in [2.05, 4.69) is 20.6 Å². The molecule has 28 heavy (non-hydrogen) atoms. The number of hydrogen-bond acceptors (Lipinski definition) is 6. The summed E-state index contributed by atoms with van der Waals surface area (Å²) in [5.41, 5.74) is 2.95. The van der Waals surface area contributed by atoms with E-state index in [4.69, 9.17) is 5.26 Å². The van der Waals surface area contributed by atoms with Gasteiger partial charge in [-0.25, -0.2) is 9.97 Å². The van der Waals surface area contributed by atoms with E-state index in [9.17, 15) is 9.59 Å². The Balaban J connectivity index is 1.83. The fourth-order valence-corrected chi connectivity index (χ4v) is 2.55. The number of anilines is 3. The summed E-state index contributed by atoms with van der Waals surface area (Å²) in [6.45, 7) is 3.25. The molecule has 2 N–H and O–H groups in total. The van der Waals surface area contributed by atoms with Crippen molar-refractivity contribution >= 4 is 29.0 Å². The van der Waals surface area contributed by atoms with Gasteiger partial charge < -0.3 is 10.6 Å². The first-order valence-corrected chi connectivity index (χ1v) is 8.50. The fourth-order valence-electron chi connectivity index (χ4n) is 2.55. The molecule has 3 rings (SSSR count). The number of nitriles is 1. The van der Waals surface area contributed by atoms with Crippen molar-refractivity contribution < 1.29 is 9.59 Å². The van der Waals surface area contributed by atoms with E-state index in [0.717, 1.165) is 0 Å². The molecule has 0 saturated heterocycles. The van der Waals surface area contributed by atoms with Gasteiger partial charge in [0.2, 0.25) is 5.95 Å². The molecule has 0 saturated carbocycles. The monoisotopic (exact) mass is 371 g/mol. The molecule has 0 aliphatic heterocycles. The number of nitrogens with zero attached hydrogens (tertiary/aromatic N) is 3. The second-order valence-electron chi connectivity index (χ2n) is 6.13. The van der Waals surface area contributed by atoms with Gasteiger partial charge in [-0.1, -0.05) is 18.2 Å². The van der Waals surface area contributed by atoms with Gasteiger partial charge >= 0.3 is 0 Å². The number of aryl methyl sites for hydroxylation is 1. The molecule has 0 spiro atoms. The highest BCUT2D eigenvalue weighted by atomic mass is 16.2. The molecule has 0 bridgehead atoms. The maximum Gasteiger partial charge on any atom is 0.274 e. The molecule has 0 unspecified atom stereocenters. The molecule has 1 amide bonds. The summed E-state index contributed by atoms with van der Waals surface area (Å²) < 4.78 is 0. The number of hydrogen-bond donors (Lipinski definition) is 2. The molecule has 3 aromatic rings. The molecule has 2 aromatic carbocycles. The number of aromatic nitrogens is 2. The molecule has 0 radical (unpaired) electrons. The summed E-state index contributed by atoms with van der Waals surface area (Å²) in [6.07, 6.45) is 0. The van der Waals surface area contributed by atoms with Crippen LogP contribution in [0.3, 0.4) is 0 Å². The minimum Gasteiger partial charge on any atom is -0.324 e. The number of rotatable bonds is 5. The van der Waals surface area contributed by atoms with Gasteiger partial charge in [-0.3, -0.25) is 9.59 Å². The number of Topliss-reactive ketones (excluding diaryl/α,β-unsaturated/α-hetero) is 1. The van der Waals surface area contributed by atoms with E-state index >= 15 is 0 Å². The third-order valence-electron chi connectivity index (χ3n) is 3.86. The van der Waals surface area contributed by atoms with Crippen LogP contribution in [0.2, 0.25) is 0 Å². The van der Waals surface area contributed by atoms with E-state index in [1.807, 2.05) is 6.07 Å². The highest BCUT2D eigenvalue weighted by Gasteiger charge is 2.12. The molecular weight excluding hydrogens is 354 g/mol. The Labute approximate surface area is 162 Å². The summed E-state index contributed by atoms with van der Waals surface area (Å²) >= 11 is 0. The summed E-state index contributed by atoms with van der Waals surface area (Å²) in [6, 6.07) is 17.2. The number of amides is 1. The van der Waals surface area contributed by atoms with Crippen LogP contribution in [0.5, 0.6) is 0 Å². The van der Waals surface area contributed by atoms with Crippen molar-refractivity contribution in [3.8, 4) is 6.07 Å². The predicted octanol–water partition coefficient (Wildman–Crippen LogP) is 3.86. The standard InChI is InChI=1S/C21H17N5O2/c1-13-9-19(20(28)24-17-7-3-5-15(10-17)12-22)26-21(23-13)25-18-8-4-6-16(11-18)14(2)27/h3-11H,1-2H3,(H,24,28)(H,23,25,26). The topological polar surface area (TPSA) is 108 Å². The Morgan fingerprint density at radius 2 is 1.75 bits per heavy atom. The van der Waals surface area contributed by atoms with Crippen molar-refractivity contribution in [1.29, 1.82) is 5.26 Å². The average molecular weight is 371 g/mol. The van der Waals surface area contributed by atoms with Crippen molar-refractivity contribution in [3.05, 3.63) is 77.1 Å².